The third-order valence-corrected chi connectivity index (χ3v) is 3.89. The van der Waals surface area contributed by atoms with Gasteiger partial charge in [0.25, 0.3) is 0 Å². The van der Waals surface area contributed by atoms with Gasteiger partial charge in [-0.15, -0.1) is 0 Å². The fourth-order valence-electron chi connectivity index (χ4n) is 2.56. The fraction of sp³-hybridized carbons (Fsp3) is 0.562. The van der Waals surface area contributed by atoms with E-state index in [0.717, 1.165) is 12.1 Å². The van der Waals surface area contributed by atoms with Crippen LogP contribution in [-0.4, -0.2) is 66.0 Å². The molecule has 0 unspecified atom stereocenters. The van der Waals surface area contributed by atoms with Gasteiger partial charge in [0.1, 0.15) is 18.5 Å². The van der Waals surface area contributed by atoms with E-state index in [-0.39, 0.29) is 24.8 Å². The molecule has 0 saturated carbocycles. The highest BCUT2D eigenvalue weighted by Gasteiger charge is 2.31. The van der Waals surface area contributed by atoms with Crippen LogP contribution in [0.5, 0.6) is 5.75 Å². The Bertz CT molecular complexity index is 580. The van der Waals surface area contributed by atoms with E-state index in [1.54, 1.807) is 0 Å². The SMILES string of the molecule is CN(C[C@H](O)COc1ccc(C(F)(F)F)cc1)C(=O)[C@@H]1C[C@H](O)CN1. The van der Waals surface area contributed by atoms with Crippen LogP contribution < -0.4 is 10.1 Å². The van der Waals surface area contributed by atoms with E-state index in [1.165, 1.54) is 24.1 Å². The van der Waals surface area contributed by atoms with Crippen LogP contribution in [0.1, 0.15) is 12.0 Å². The lowest BCUT2D eigenvalue weighted by molar-refractivity contribution is -0.137. The van der Waals surface area contributed by atoms with E-state index in [9.17, 15) is 28.2 Å². The van der Waals surface area contributed by atoms with E-state index in [4.69, 9.17) is 4.74 Å². The highest BCUT2D eigenvalue weighted by molar-refractivity contribution is 5.82. The van der Waals surface area contributed by atoms with Crippen LogP contribution in [0.25, 0.3) is 0 Å². The third-order valence-electron chi connectivity index (χ3n) is 3.89. The van der Waals surface area contributed by atoms with Crippen molar-refractivity contribution in [1.82, 2.24) is 10.2 Å². The van der Waals surface area contributed by atoms with E-state index in [2.05, 4.69) is 5.32 Å². The number of carbonyl (C=O) groups excluding carboxylic acids is 1. The highest BCUT2D eigenvalue weighted by Crippen LogP contribution is 2.30. The first-order valence-corrected chi connectivity index (χ1v) is 7.81. The quantitative estimate of drug-likeness (QED) is 0.692. The van der Waals surface area contributed by atoms with Crippen LogP contribution >= 0.6 is 0 Å². The number of alkyl halides is 3. The van der Waals surface area contributed by atoms with Crippen LogP contribution in [0.3, 0.4) is 0 Å². The molecule has 1 amide bonds. The van der Waals surface area contributed by atoms with Crippen LogP contribution in [0.4, 0.5) is 13.2 Å². The summed E-state index contributed by atoms with van der Waals surface area (Å²) in [4.78, 5) is 13.5. The van der Waals surface area contributed by atoms with Crippen LogP contribution in [0, 0.1) is 0 Å². The van der Waals surface area contributed by atoms with E-state index in [0.29, 0.717) is 13.0 Å². The fourth-order valence-corrected chi connectivity index (χ4v) is 2.56. The molecule has 3 atom stereocenters. The summed E-state index contributed by atoms with van der Waals surface area (Å²) in [6.45, 7) is 0.196. The number of ether oxygens (including phenoxy) is 1. The van der Waals surface area contributed by atoms with Crippen molar-refractivity contribution >= 4 is 5.91 Å². The first-order chi connectivity index (χ1) is 11.7. The molecule has 25 heavy (non-hydrogen) atoms. The maximum Gasteiger partial charge on any atom is 0.416 e. The summed E-state index contributed by atoms with van der Waals surface area (Å²) in [7, 11) is 1.52. The Morgan fingerprint density at radius 3 is 2.56 bits per heavy atom. The zero-order valence-electron chi connectivity index (χ0n) is 13.7. The van der Waals surface area contributed by atoms with Gasteiger partial charge in [-0.2, -0.15) is 13.2 Å². The van der Waals surface area contributed by atoms with Gasteiger partial charge in [0.05, 0.1) is 17.7 Å². The van der Waals surface area contributed by atoms with Gasteiger partial charge < -0.3 is 25.2 Å². The molecule has 1 aliphatic rings. The number of halogens is 3. The monoisotopic (exact) mass is 362 g/mol. The summed E-state index contributed by atoms with van der Waals surface area (Å²) in [5, 5.41) is 22.2. The molecule has 2 rings (SSSR count). The largest absolute Gasteiger partial charge is 0.491 e. The molecule has 1 aliphatic heterocycles. The summed E-state index contributed by atoms with van der Waals surface area (Å²) >= 11 is 0. The lowest BCUT2D eigenvalue weighted by atomic mass is 10.2. The van der Waals surface area contributed by atoms with Gasteiger partial charge in [-0.05, 0) is 30.7 Å². The van der Waals surface area contributed by atoms with Gasteiger partial charge in [0.15, 0.2) is 0 Å². The van der Waals surface area contributed by atoms with Crippen molar-refractivity contribution in [3.8, 4) is 5.75 Å². The molecule has 0 spiro atoms. The van der Waals surface area contributed by atoms with Crippen LogP contribution in [0.15, 0.2) is 24.3 Å². The van der Waals surface area contributed by atoms with Gasteiger partial charge in [-0.3, -0.25) is 4.79 Å². The number of nitrogens with one attached hydrogen (secondary N) is 1. The highest BCUT2D eigenvalue weighted by atomic mass is 19.4. The molecule has 140 valence electrons. The third kappa shape index (κ3) is 5.58. The molecular formula is C16H21F3N2O4. The molecule has 1 fully saturated rings. The Morgan fingerprint density at radius 2 is 2.04 bits per heavy atom. The predicted molar refractivity (Wildman–Crippen MR) is 83.0 cm³/mol. The summed E-state index contributed by atoms with van der Waals surface area (Å²) in [6.07, 6.45) is -5.65. The number of carbonyl (C=O) groups is 1. The van der Waals surface area contributed by atoms with Crippen LogP contribution in [-0.2, 0) is 11.0 Å². The number of β-amino-alcohol motifs (C(OH)–C–C–N with tert-alkyl or cyclic N) is 1. The normalized spacial score (nSPS) is 21.8. The molecule has 3 N–H and O–H groups in total. The van der Waals surface area contributed by atoms with Crippen molar-refractivity contribution in [2.24, 2.45) is 0 Å². The Morgan fingerprint density at radius 1 is 1.40 bits per heavy atom. The summed E-state index contributed by atoms with van der Waals surface area (Å²) in [6, 6.07) is 3.66. The number of rotatable bonds is 6. The van der Waals surface area contributed by atoms with Gasteiger partial charge in [0.2, 0.25) is 5.91 Å². The topological polar surface area (TPSA) is 82.0 Å². The minimum absolute atomic E-state index is 0.00768. The van der Waals surface area contributed by atoms with E-state index >= 15 is 0 Å². The average Bonchev–Trinajstić information content (AvgIpc) is 2.98. The van der Waals surface area contributed by atoms with E-state index in [1.807, 2.05) is 0 Å². The predicted octanol–water partition coefficient (Wildman–Crippen LogP) is 0.626. The zero-order chi connectivity index (χ0) is 18.6. The van der Waals surface area contributed by atoms with Gasteiger partial charge in [-0.1, -0.05) is 0 Å². The number of aliphatic hydroxyl groups excluding tert-OH is 2. The lowest BCUT2D eigenvalue weighted by Crippen LogP contribution is -2.45. The maximum absolute atomic E-state index is 12.5. The smallest absolute Gasteiger partial charge is 0.416 e. The van der Waals surface area contributed by atoms with Crippen LogP contribution in [0.2, 0.25) is 0 Å². The number of hydrogen-bond donors (Lipinski definition) is 3. The Balaban J connectivity index is 1.78. The number of likely N-dealkylation sites (N-methyl/N-ethyl adjacent to an activating group) is 1. The molecule has 0 aliphatic carbocycles. The van der Waals surface area contributed by atoms with Crippen molar-refractivity contribution in [2.45, 2.75) is 30.8 Å². The number of benzene rings is 1. The van der Waals surface area contributed by atoms with Crippen molar-refractivity contribution in [2.75, 3.05) is 26.7 Å². The van der Waals surface area contributed by atoms with Crippen molar-refractivity contribution in [3.63, 3.8) is 0 Å². The summed E-state index contributed by atoms with van der Waals surface area (Å²) in [5.41, 5.74) is -0.781. The molecule has 0 aromatic heterocycles. The lowest BCUT2D eigenvalue weighted by Gasteiger charge is -2.24. The number of hydrogen-bond acceptors (Lipinski definition) is 5. The molecule has 0 radical (unpaired) electrons. The second-order valence-electron chi connectivity index (χ2n) is 6.06. The minimum atomic E-state index is -4.41. The first kappa shape index (κ1) is 19.5. The second-order valence-corrected chi connectivity index (χ2v) is 6.06. The molecule has 0 bridgehead atoms. The number of nitrogens with zero attached hydrogens (tertiary/aromatic N) is 1. The molecule has 6 nitrogen and oxygen atoms in total. The molecule has 1 aromatic carbocycles. The van der Waals surface area contributed by atoms with Crippen molar-refractivity contribution < 1.29 is 32.9 Å². The number of aliphatic hydroxyl groups is 2. The van der Waals surface area contributed by atoms with Gasteiger partial charge >= 0.3 is 6.18 Å². The maximum atomic E-state index is 12.5. The Labute approximate surface area is 143 Å². The molecule has 9 heteroatoms. The minimum Gasteiger partial charge on any atom is -0.491 e. The van der Waals surface area contributed by atoms with Gasteiger partial charge in [-0.25, -0.2) is 0 Å². The van der Waals surface area contributed by atoms with Crippen molar-refractivity contribution in [1.29, 1.82) is 0 Å². The molecule has 1 heterocycles. The standard InChI is InChI=1S/C16H21F3N2O4/c1-21(15(24)14-6-11(22)7-20-14)8-12(23)9-25-13-4-2-10(3-5-13)16(17,18)19/h2-5,11-12,14,20,22-23H,6-9H2,1H3/t11-,12-,14-/m0/s1. The molecule has 1 aromatic rings. The molecular weight excluding hydrogens is 341 g/mol. The average molecular weight is 362 g/mol. The Hall–Kier alpha value is -1.84. The second kappa shape index (κ2) is 8.03. The summed E-state index contributed by atoms with van der Waals surface area (Å²) < 4.78 is 42.6. The Kier molecular flexibility index (Phi) is 6.26. The first-order valence-electron chi connectivity index (χ1n) is 7.81. The van der Waals surface area contributed by atoms with E-state index < -0.39 is 30.0 Å². The van der Waals surface area contributed by atoms with Gasteiger partial charge in [0, 0.05) is 20.1 Å². The zero-order valence-corrected chi connectivity index (χ0v) is 13.7. The van der Waals surface area contributed by atoms with Crippen molar-refractivity contribution in [3.05, 3.63) is 29.8 Å². The number of amides is 1. The molecule has 1 saturated heterocycles. The summed E-state index contributed by atoms with van der Waals surface area (Å²) in [5.74, 6) is -0.0493.